The molecule has 1 aliphatic heterocycles. The fraction of sp³-hybridized carbons (Fsp3) is 0.923. The predicted molar refractivity (Wildman–Crippen MR) is 117 cm³/mol. The molecule has 0 aromatic carbocycles. The van der Waals surface area contributed by atoms with E-state index in [1.54, 1.807) is 7.11 Å². The van der Waals surface area contributed by atoms with Gasteiger partial charge in [-0.1, -0.05) is 19.9 Å². The maximum Gasteiger partial charge on any atom is 0.168 e. The Morgan fingerprint density at radius 2 is 1.77 bits per heavy atom. The lowest BCUT2D eigenvalue weighted by Crippen LogP contribution is -2.59. The Morgan fingerprint density at radius 1 is 1.00 bits per heavy atom. The maximum absolute atomic E-state index is 6.22. The average Bonchev–Trinajstić information content (AvgIpc) is 3.32. The lowest BCUT2D eigenvalue weighted by Gasteiger charge is -2.64. The van der Waals surface area contributed by atoms with Crippen molar-refractivity contribution in [2.75, 3.05) is 27.1 Å². The van der Waals surface area contributed by atoms with Gasteiger partial charge in [0.15, 0.2) is 5.79 Å². The first-order valence-corrected chi connectivity index (χ1v) is 12.5. The molecule has 5 rings (SSSR count). The van der Waals surface area contributed by atoms with Gasteiger partial charge in [-0.2, -0.15) is 0 Å². The lowest BCUT2D eigenvalue weighted by molar-refractivity contribution is -0.238. The third-order valence-electron chi connectivity index (χ3n) is 10.4. The van der Waals surface area contributed by atoms with Crippen LogP contribution in [0.2, 0.25) is 0 Å². The highest BCUT2D eigenvalue weighted by molar-refractivity contribution is 5.12. The first kappa shape index (κ1) is 21.4. The molecule has 1 spiro atoms. The number of ether oxygens (including phenoxy) is 4. The van der Waals surface area contributed by atoms with Gasteiger partial charge in [0.05, 0.1) is 19.3 Å². The summed E-state index contributed by atoms with van der Waals surface area (Å²) in [5, 5.41) is 0. The van der Waals surface area contributed by atoms with E-state index in [9.17, 15) is 0 Å². The second kappa shape index (κ2) is 7.86. The highest BCUT2D eigenvalue weighted by Gasteiger charge is 2.64. The normalized spacial score (nSPS) is 49.4. The molecule has 0 bridgehead atoms. The minimum Gasteiger partial charge on any atom is -0.359 e. The predicted octanol–water partition coefficient (Wildman–Crippen LogP) is 5.56. The quantitative estimate of drug-likeness (QED) is 0.432. The van der Waals surface area contributed by atoms with Gasteiger partial charge in [0.2, 0.25) is 0 Å². The zero-order chi connectivity index (χ0) is 21.0. The molecule has 0 unspecified atom stereocenters. The number of hydrogen-bond donors (Lipinski definition) is 0. The van der Waals surface area contributed by atoms with Gasteiger partial charge in [0, 0.05) is 20.0 Å². The van der Waals surface area contributed by atoms with Crippen molar-refractivity contribution < 1.29 is 18.9 Å². The molecular weight excluding hydrogens is 376 g/mol. The van der Waals surface area contributed by atoms with Crippen LogP contribution in [0.25, 0.3) is 0 Å². The summed E-state index contributed by atoms with van der Waals surface area (Å²) >= 11 is 0. The first-order chi connectivity index (χ1) is 14.5. The van der Waals surface area contributed by atoms with Crippen LogP contribution in [0.3, 0.4) is 0 Å². The molecule has 4 nitrogen and oxygen atoms in total. The van der Waals surface area contributed by atoms with E-state index in [0.29, 0.717) is 29.6 Å². The van der Waals surface area contributed by atoms with E-state index in [0.717, 1.165) is 56.1 Å². The molecule has 0 amide bonds. The molecule has 0 aromatic heterocycles. The first-order valence-electron chi connectivity index (χ1n) is 12.5. The van der Waals surface area contributed by atoms with Crippen molar-refractivity contribution in [3.05, 3.63) is 12.7 Å². The summed E-state index contributed by atoms with van der Waals surface area (Å²) in [5.41, 5.74) is 0.728. The second-order valence-corrected chi connectivity index (χ2v) is 11.5. The van der Waals surface area contributed by atoms with Crippen LogP contribution in [0.15, 0.2) is 12.7 Å². The number of hydrogen-bond acceptors (Lipinski definition) is 4. The zero-order valence-electron chi connectivity index (χ0n) is 19.4. The van der Waals surface area contributed by atoms with Crippen molar-refractivity contribution in [2.24, 2.45) is 40.4 Å². The average molecular weight is 419 g/mol. The second-order valence-electron chi connectivity index (χ2n) is 11.5. The number of rotatable bonds is 5. The van der Waals surface area contributed by atoms with Crippen molar-refractivity contribution in [1.29, 1.82) is 0 Å². The van der Waals surface area contributed by atoms with E-state index >= 15 is 0 Å². The number of methoxy groups -OCH3 is 1. The van der Waals surface area contributed by atoms with Gasteiger partial charge in [0.1, 0.15) is 6.79 Å². The summed E-state index contributed by atoms with van der Waals surface area (Å²) < 4.78 is 23.8. The Balaban J connectivity index is 1.43. The van der Waals surface area contributed by atoms with Crippen LogP contribution in [0.4, 0.5) is 0 Å². The summed E-state index contributed by atoms with van der Waals surface area (Å²) in [6.07, 6.45) is 13.6. The maximum atomic E-state index is 6.22. The van der Waals surface area contributed by atoms with Crippen LogP contribution >= 0.6 is 0 Å². The molecule has 5 aliphatic rings. The molecule has 30 heavy (non-hydrogen) atoms. The van der Waals surface area contributed by atoms with Crippen LogP contribution in [0.5, 0.6) is 0 Å². The molecule has 4 heteroatoms. The molecule has 4 saturated carbocycles. The fourth-order valence-corrected chi connectivity index (χ4v) is 8.96. The van der Waals surface area contributed by atoms with Gasteiger partial charge >= 0.3 is 0 Å². The van der Waals surface area contributed by atoms with Gasteiger partial charge in [-0.25, -0.2) is 0 Å². The lowest BCUT2D eigenvalue weighted by atomic mass is 9.42. The van der Waals surface area contributed by atoms with Crippen molar-refractivity contribution in [3.8, 4) is 0 Å². The topological polar surface area (TPSA) is 36.9 Å². The van der Waals surface area contributed by atoms with Crippen LogP contribution in [-0.4, -0.2) is 39.0 Å². The SMILES string of the molecule is C=CC[C@@H]1C[C@H]2CC3(CC[C@]2(C)[C@H]2CC[C@]4(C)[C@@H](OCOC)CC[C@H]4[C@H]12)OCCO3. The van der Waals surface area contributed by atoms with Crippen LogP contribution in [0, 0.1) is 40.4 Å². The van der Waals surface area contributed by atoms with Gasteiger partial charge < -0.3 is 18.9 Å². The van der Waals surface area contributed by atoms with Gasteiger partial charge in [0.25, 0.3) is 0 Å². The monoisotopic (exact) mass is 418 g/mol. The largest absolute Gasteiger partial charge is 0.359 e. The molecule has 170 valence electrons. The summed E-state index contributed by atoms with van der Waals surface area (Å²) in [4.78, 5) is 0. The van der Waals surface area contributed by atoms with E-state index in [1.807, 2.05) is 0 Å². The summed E-state index contributed by atoms with van der Waals surface area (Å²) in [6.45, 7) is 11.3. The summed E-state index contributed by atoms with van der Waals surface area (Å²) in [7, 11) is 1.74. The number of fused-ring (bicyclic) bond motifs is 5. The van der Waals surface area contributed by atoms with Crippen molar-refractivity contribution >= 4 is 0 Å². The third kappa shape index (κ3) is 3.16. The Kier molecular flexibility index (Phi) is 5.62. The summed E-state index contributed by atoms with van der Waals surface area (Å²) in [6, 6.07) is 0. The molecule has 4 aliphatic carbocycles. The van der Waals surface area contributed by atoms with Crippen LogP contribution in [-0.2, 0) is 18.9 Å². The Bertz CT molecular complexity index is 643. The fourth-order valence-electron chi connectivity index (χ4n) is 8.96. The molecule has 1 saturated heterocycles. The van der Waals surface area contributed by atoms with Gasteiger partial charge in [-0.3, -0.25) is 0 Å². The molecule has 0 aromatic rings. The Hall–Kier alpha value is -0.420. The Labute approximate surface area is 183 Å². The van der Waals surface area contributed by atoms with E-state index in [1.165, 1.54) is 38.5 Å². The van der Waals surface area contributed by atoms with Crippen molar-refractivity contribution in [3.63, 3.8) is 0 Å². The molecular formula is C26H42O4. The van der Waals surface area contributed by atoms with E-state index < -0.39 is 0 Å². The molecule has 5 fully saturated rings. The Morgan fingerprint density at radius 3 is 2.50 bits per heavy atom. The van der Waals surface area contributed by atoms with Crippen LogP contribution < -0.4 is 0 Å². The minimum absolute atomic E-state index is 0.272. The van der Waals surface area contributed by atoms with Crippen molar-refractivity contribution in [2.45, 2.75) is 83.5 Å². The standard InChI is InChI=1S/C26H42O4/c1-5-6-18-15-19-16-26(29-13-14-30-26)12-11-24(19,2)21-9-10-25(3)20(23(18)21)7-8-22(25)28-17-27-4/h5,18-23H,1,6-17H2,2-4H3/t18-,19+,20+,21+,22+,23+,24+,25+/m1/s1. The molecule has 1 heterocycles. The van der Waals surface area contributed by atoms with E-state index in [-0.39, 0.29) is 5.79 Å². The third-order valence-corrected chi connectivity index (χ3v) is 10.4. The summed E-state index contributed by atoms with van der Waals surface area (Å²) in [5.74, 6) is 3.58. The highest BCUT2D eigenvalue weighted by atomic mass is 16.7. The molecule has 0 N–H and O–H groups in total. The van der Waals surface area contributed by atoms with E-state index in [4.69, 9.17) is 18.9 Å². The highest BCUT2D eigenvalue weighted by Crippen LogP contribution is 2.69. The van der Waals surface area contributed by atoms with E-state index in [2.05, 4.69) is 26.5 Å². The van der Waals surface area contributed by atoms with Crippen molar-refractivity contribution in [1.82, 2.24) is 0 Å². The smallest absolute Gasteiger partial charge is 0.168 e. The number of allylic oxidation sites excluding steroid dienone is 1. The zero-order valence-corrected chi connectivity index (χ0v) is 19.4. The van der Waals surface area contributed by atoms with Gasteiger partial charge in [-0.15, -0.1) is 6.58 Å². The van der Waals surface area contributed by atoms with Crippen LogP contribution in [0.1, 0.15) is 71.6 Å². The molecule has 0 radical (unpaired) electrons. The minimum atomic E-state index is -0.272. The van der Waals surface area contributed by atoms with Gasteiger partial charge in [-0.05, 0) is 85.4 Å². The molecule has 8 atom stereocenters.